The number of nitrogens with zero attached hydrogens (tertiary/aromatic N) is 1. The van der Waals surface area contributed by atoms with Crippen molar-refractivity contribution < 1.29 is 4.74 Å². The van der Waals surface area contributed by atoms with Crippen LogP contribution in [0.15, 0.2) is 30.5 Å². The van der Waals surface area contributed by atoms with Crippen molar-refractivity contribution in [3.8, 4) is 5.88 Å². The van der Waals surface area contributed by atoms with Crippen LogP contribution in [0, 0.1) is 5.92 Å². The maximum Gasteiger partial charge on any atom is 0.221 e. The van der Waals surface area contributed by atoms with Gasteiger partial charge in [-0.3, -0.25) is 0 Å². The first-order valence-electron chi connectivity index (χ1n) is 7.00. The van der Waals surface area contributed by atoms with Crippen molar-refractivity contribution in [3.63, 3.8) is 0 Å². The summed E-state index contributed by atoms with van der Waals surface area (Å²) >= 11 is 0. The Morgan fingerprint density at radius 2 is 2.05 bits per heavy atom. The van der Waals surface area contributed by atoms with Gasteiger partial charge in [-0.2, -0.15) is 0 Å². The van der Waals surface area contributed by atoms with Crippen molar-refractivity contribution in [2.75, 3.05) is 13.7 Å². The first-order chi connectivity index (χ1) is 9.35. The first-order valence-corrected chi connectivity index (χ1v) is 7.00. The van der Waals surface area contributed by atoms with E-state index in [0.717, 1.165) is 17.8 Å². The zero-order valence-electron chi connectivity index (χ0n) is 11.5. The maximum atomic E-state index is 5.37. The first kappa shape index (κ1) is 12.4. The Labute approximate surface area is 114 Å². The Balaban J connectivity index is 2.12. The van der Waals surface area contributed by atoms with Gasteiger partial charge in [-0.1, -0.05) is 25.1 Å². The van der Waals surface area contributed by atoms with Crippen LogP contribution in [-0.4, -0.2) is 18.6 Å². The molecule has 0 saturated heterocycles. The number of rotatable bonds is 5. The van der Waals surface area contributed by atoms with Gasteiger partial charge in [-0.05, 0) is 42.3 Å². The highest BCUT2D eigenvalue weighted by molar-refractivity contribution is 5.89. The van der Waals surface area contributed by atoms with E-state index in [4.69, 9.17) is 4.74 Å². The second-order valence-electron chi connectivity index (χ2n) is 5.14. The van der Waals surface area contributed by atoms with E-state index in [0.29, 0.717) is 11.9 Å². The molecule has 0 radical (unpaired) electrons. The third kappa shape index (κ3) is 2.30. The van der Waals surface area contributed by atoms with E-state index in [2.05, 4.69) is 35.4 Å². The summed E-state index contributed by atoms with van der Waals surface area (Å²) in [5, 5.41) is 5.97. The highest BCUT2D eigenvalue weighted by Gasteiger charge is 2.33. The van der Waals surface area contributed by atoms with Crippen molar-refractivity contribution in [1.82, 2.24) is 10.3 Å². The van der Waals surface area contributed by atoms with E-state index in [1.54, 1.807) is 7.11 Å². The number of aromatic nitrogens is 1. The molecule has 1 N–H and O–H groups in total. The fraction of sp³-hybridized carbons (Fsp3) is 0.438. The van der Waals surface area contributed by atoms with Gasteiger partial charge >= 0.3 is 0 Å². The Morgan fingerprint density at radius 3 is 2.68 bits per heavy atom. The maximum absolute atomic E-state index is 5.37. The van der Waals surface area contributed by atoms with Crippen LogP contribution in [0.2, 0.25) is 0 Å². The monoisotopic (exact) mass is 256 g/mol. The molecule has 0 bridgehead atoms. The minimum absolute atomic E-state index is 0.424. The standard InChI is InChI=1S/C16H20N2O/c1-3-17-15(11-8-9-11)14-10-18-16(19-2)13-7-5-4-6-12(13)14/h4-7,10-11,15,17H,3,8-9H2,1-2H3. The van der Waals surface area contributed by atoms with Gasteiger partial charge in [0.2, 0.25) is 5.88 Å². The summed E-state index contributed by atoms with van der Waals surface area (Å²) in [6, 6.07) is 8.80. The van der Waals surface area contributed by atoms with Crippen molar-refractivity contribution in [3.05, 3.63) is 36.0 Å². The minimum atomic E-state index is 0.424. The second-order valence-corrected chi connectivity index (χ2v) is 5.14. The van der Waals surface area contributed by atoms with Gasteiger partial charge in [0.25, 0.3) is 0 Å². The zero-order chi connectivity index (χ0) is 13.2. The number of fused-ring (bicyclic) bond motifs is 1. The molecule has 1 atom stereocenters. The predicted octanol–water partition coefficient (Wildman–Crippen LogP) is 3.30. The molecular weight excluding hydrogens is 236 g/mol. The number of nitrogens with one attached hydrogen (secondary N) is 1. The van der Waals surface area contributed by atoms with Crippen LogP contribution >= 0.6 is 0 Å². The Morgan fingerprint density at radius 1 is 1.32 bits per heavy atom. The molecule has 0 amide bonds. The lowest BCUT2D eigenvalue weighted by Crippen LogP contribution is -2.23. The summed E-state index contributed by atoms with van der Waals surface area (Å²) in [6.45, 7) is 3.15. The molecule has 2 aromatic rings. The molecule has 1 aromatic heterocycles. The van der Waals surface area contributed by atoms with Crippen molar-refractivity contribution >= 4 is 10.8 Å². The van der Waals surface area contributed by atoms with Crippen LogP contribution in [0.3, 0.4) is 0 Å². The van der Waals surface area contributed by atoms with E-state index < -0.39 is 0 Å². The van der Waals surface area contributed by atoms with Gasteiger partial charge < -0.3 is 10.1 Å². The molecule has 1 aliphatic carbocycles. The van der Waals surface area contributed by atoms with Gasteiger partial charge in [0.1, 0.15) is 0 Å². The fourth-order valence-corrected chi connectivity index (χ4v) is 2.78. The summed E-state index contributed by atoms with van der Waals surface area (Å²) in [5.74, 6) is 1.48. The lowest BCUT2D eigenvalue weighted by Gasteiger charge is -2.20. The number of hydrogen-bond donors (Lipinski definition) is 1. The van der Waals surface area contributed by atoms with Crippen LogP contribution in [0.4, 0.5) is 0 Å². The number of hydrogen-bond acceptors (Lipinski definition) is 3. The number of benzene rings is 1. The largest absolute Gasteiger partial charge is 0.481 e. The summed E-state index contributed by atoms with van der Waals surface area (Å²) in [4.78, 5) is 4.48. The van der Waals surface area contributed by atoms with Crippen LogP contribution in [0.1, 0.15) is 31.4 Å². The van der Waals surface area contributed by atoms with Crippen LogP contribution in [-0.2, 0) is 0 Å². The highest BCUT2D eigenvalue weighted by Crippen LogP contribution is 2.43. The molecule has 1 aromatic carbocycles. The number of ether oxygens (including phenoxy) is 1. The van der Waals surface area contributed by atoms with Gasteiger partial charge in [-0.15, -0.1) is 0 Å². The average Bonchev–Trinajstić information content (AvgIpc) is 3.28. The third-order valence-corrected chi connectivity index (χ3v) is 3.84. The normalized spacial score (nSPS) is 16.5. The van der Waals surface area contributed by atoms with Crippen molar-refractivity contribution in [1.29, 1.82) is 0 Å². The van der Waals surface area contributed by atoms with Crippen LogP contribution in [0.5, 0.6) is 5.88 Å². The summed E-state index contributed by atoms with van der Waals surface area (Å²) in [5.41, 5.74) is 1.31. The van der Waals surface area contributed by atoms with E-state index in [1.807, 2.05) is 12.3 Å². The quantitative estimate of drug-likeness (QED) is 0.891. The fourth-order valence-electron chi connectivity index (χ4n) is 2.78. The number of methoxy groups -OCH3 is 1. The molecule has 100 valence electrons. The van der Waals surface area contributed by atoms with Crippen molar-refractivity contribution in [2.45, 2.75) is 25.8 Å². The van der Waals surface area contributed by atoms with Gasteiger partial charge in [0.15, 0.2) is 0 Å². The molecule has 3 nitrogen and oxygen atoms in total. The predicted molar refractivity (Wildman–Crippen MR) is 77.4 cm³/mol. The average molecular weight is 256 g/mol. The van der Waals surface area contributed by atoms with Crippen LogP contribution in [0.25, 0.3) is 10.8 Å². The Hall–Kier alpha value is -1.61. The molecular formula is C16H20N2O. The molecule has 1 heterocycles. The molecule has 3 heteroatoms. The topological polar surface area (TPSA) is 34.2 Å². The number of pyridine rings is 1. The molecule has 1 aliphatic rings. The minimum Gasteiger partial charge on any atom is -0.481 e. The van der Waals surface area contributed by atoms with Gasteiger partial charge in [0.05, 0.1) is 7.11 Å². The summed E-state index contributed by atoms with van der Waals surface area (Å²) in [6.07, 6.45) is 4.61. The Bertz CT molecular complexity index is 578. The Kier molecular flexibility index (Phi) is 3.38. The second kappa shape index (κ2) is 5.17. The van der Waals surface area contributed by atoms with E-state index in [9.17, 15) is 0 Å². The van der Waals surface area contributed by atoms with E-state index >= 15 is 0 Å². The molecule has 0 aliphatic heterocycles. The zero-order valence-corrected chi connectivity index (χ0v) is 11.5. The lowest BCUT2D eigenvalue weighted by molar-refractivity contribution is 0.402. The van der Waals surface area contributed by atoms with Gasteiger partial charge in [0, 0.05) is 17.6 Å². The molecule has 19 heavy (non-hydrogen) atoms. The molecule has 1 unspecified atom stereocenters. The van der Waals surface area contributed by atoms with E-state index in [1.165, 1.54) is 23.8 Å². The van der Waals surface area contributed by atoms with Crippen molar-refractivity contribution in [2.24, 2.45) is 5.92 Å². The summed E-state index contributed by atoms with van der Waals surface area (Å²) in [7, 11) is 1.68. The third-order valence-electron chi connectivity index (χ3n) is 3.84. The SMILES string of the molecule is CCNC(c1cnc(OC)c2ccccc12)C1CC1. The molecule has 1 saturated carbocycles. The smallest absolute Gasteiger partial charge is 0.221 e. The van der Waals surface area contributed by atoms with Gasteiger partial charge in [-0.25, -0.2) is 4.98 Å². The molecule has 1 fully saturated rings. The lowest BCUT2D eigenvalue weighted by atomic mass is 9.98. The summed E-state index contributed by atoms with van der Waals surface area (Å²) < 4.78 is 5.37. The van der Waals surface area contributed by atoms with Crippen LogP contribution < -0.4 is 10.1 Å². The molecule has 3 rings (SSSR count). The van der Waals surface area contributed by atoms with E-state index in [-0.39, 0.29) is 0 Å². The highest BCUT2D eigenvalue weighted by atomic mass is 16.5. The molecule has 0 spiro atoms.